The summed E-state index contributed by atoms with van der Waals surface area (Å²) in [6.07, 6.45) is 2.40. The van der Waals surface area contributed by atoms with E-state index < -0.39 is 0 Å². The first-order valence-corrected chi connectivity index (χ1v) is 6.51. The minimum Gasteiger partial charge on any atom is -0.361 e. The molecule has 1 fully saturated rings. The summed E-state index contributed by atoms with van der Waals surface area (Å²) >= 11 is 0. The molecule has 0 spiro atoms. The smallest absolute Gasteiger partial charge is 0.234 e. The summed E-state index contributed by atoms with van der Waals surface area (Å²) in [6, 6.07) is 4.10. The molecule has 1 aromatic rings. The number of aryl methyl sites for hydroxylation is 1. The van der Waals surface area contributed by atoms with E-state index in [1.54, 1.807) is 0 Å². The third-order valence-electron chi connectivity index (χ3n) is 3.26. The van der Waals surface area contributed by atoms with Crippen molar-refractivity contribution in [2.45, 2.75) is 32.2 Å². The first-order valence-electron chi connectivity index (χ1n) is 6.51. The molecule has 1 atom stereocenters. The number of nitrogens with zero attached hydrogens (tertiary/aromatic N) is 3. The first kappa shape index (κ1) is 13.6. The van der Waals surface area contributed by atoms with Crippen molar-refractivity contribution in [3.63, 3.8) is 0 Å². The van der Waals surface area contributed by atoms with Crippen molar-refractivity contribution < 1.29 is 9.32 Å². The number of likely N-dealkylation sites (tertiary alicyclic amines) is 1. The van der Waals surface area contributed by atoms with Crippen molar-refractivity contribution in [2.24, 2.45) is 0 Å². The van der Waals surface area contributed by atoms with Gasteiger partial charge in [0.15, 0.2) is 0 Å². The maximum atomic E-state index is 11.7. The SMILES string of the molecule is Cc1cc([C@H]2CCCN2CC(=O)NCCC#N)no1. The summed E-state index contributed by atoms with van der Waals surface area (Å²) in [5.74, 6) is 0.752. The molecule has 1 saturated heterocycles. The lowest BCUT2D eigenvalue weighted by Crippen LogP contribution is -2.37. The minimum atomic E-state index is -0.0395. The van der Waals surface area contributed by atoms with Gasteiger partial charge >= 0.3 is 0 Å². The summed E-state index contributed by atoms with van der Waals surface area (Å²) in [5.41, 5.74) is 0.903. The Morgan fingerprint density at radius 2 is 2.58 bits per heavy atom. The van der Waals surface area contributed by atoms with Gasteiger partial charge in [0.1, 0.15) is 11.5 Å². The lowest BCUT2D eigenvalue weighted by molar-refractivity contribution is -0.122. The highest BCUT2D eigenvalue weighted by atomic mass is 16.5. The molecule has 0 aromatic carbocycles. The summed E-state index contributed by atoms with van der Waals surface area (Å²) in [5, 5.41) is 15.2. The second-order valence-electron chi connectivity index (χ2n) is 4.75. The molecule has 2 rings (SSSR count). The number of carbonyl (C=O) groups is 1. The van der Waals surface area contributed by atoms with Crippen molar-refractivity contribution in [1.82, 2.24) is 15.4 Å². The Hall–Kier alpha value is -1.87. The van der Waals surface area contributed by atoms with Gasteiger partial charge in [-0.2, -0.15) is 5.26 Å². The molecule has 2 heterocycles. The third-order valence-corrected chi connectivity index (χ3v) is 3.26. The largest absolute Gasteiger partial charge is 0.361 e. The fraction of sp³-hybridized carbons (Fsp3) is 0.615. The standard InChI is InChI=1S/C13H18N4O2/c1-10-8-11(16-19-10)12-4-2-7-17(12)9-13(18)15-6-3-5-14/h8,12H,2-4,6-7,9H2,1H3,(H,15,18)/t12-/m1/s1. The average molecular weight is 262 g/mol. The van der Waals surface area contributed by atoms with Gasteiger partial charge in [-0.15, -0.1) is 0 Å². The fourth-order valence-electron chi connectivity index (χ4n) is 2.39. The van der Waals surface area contributed by atoms with Gasteiger partial charge in [0.2, 0.25) is 5.91 Å². The molecule has 0 bridgehead atoms. The topological polar surface area (TPSA) is 82.2 Å². The second kappa shape index (κ2) is 6.34. The van der Waals surface area contributed by atoms with Crippen molar-refractivity contribution in [2.75, 3.05) is 19.6 Å². The molecule has 6 heteroatoms. The number of amides is 1. The highest BCUT2D eigenvalue weighted by Crippen LogP contribution is 2.30. The molecule has 1 aromatic heterocycles. The molecule has 6 nitrogen and oxygen atoms in total. The zero-order valence-electron chi connectivity index (χ0n) is 11.1. The molecular weight excluding hydrogens is 244 g/mol. The summed E-state index contributed by atoms with van der Waals surface area (Å²) in [7, 11) is 0. The quantitative estimate of drug-likeness (QED) is 0.805. The highest BCUT2D eigenvalue weighted by molar-refractivity contribution is 5.78. The van der Waals surface area contributed by atoms with Crippen LogP contribution in [0.5, 0.6) is 0 Å². The molecule has 102 valence electrons. The van der Waals surface area contributed by atoms with Gasteiger partial charge in [0, 0.05) is 12.6 Å². The zero-order valence-corrected chi connectivity index (χ0v) is 11.1. The third kappa shape index (κ3) is 3.55. The van der Waals surface area contributed by atoms with E-state index in [9.17, 15) is 4.79 Å². The number of aromatic nitrogens is 1. The van der Waals surface area contributed by atoms with Crippen molar-refractivity contribution in [1.29, 1.82) is 5.26 Å². The van der Waals surface area contributed by atoms with Crippen LogP contribution >= 0.6 is 0 Å². The molecule has 0 saturated carbocycles. The van der Waals surface area contributed by atoms with Gasteiger partial charge in [0.25, 0.3) is 0 Å². The maximum absolute atomic E-state index is 11.7. The van der Waals surface area contributed by atoms with Gasteiger partial charge in [-0.1, -0.05) is 5.16 Å². The highest BCUT2D eigenvalue weighted by Gasteiger charge is 2.29. The first-order chi connectivity index (χ1) is 9.20. The van der Waals surface area contributed by atoms with E-state index in [1.165, 1.54) is 0 Å². The van der Waals surface area contributed by atoms with E-state index in [0.717, 1.165) is 30.8 Å². The molecule has 1 aliphatic rings. The van der Waals surface area contributed by atoms with Crippen LogP contribution in [0.1, 0.15) is 36.8 Å². The van der Waals surface area contributed by atoms with Gasteiger partial charge in [-0.05, 0) is 26.3 Å². The maximum Gasteiger partial charge on any atom is 0.234 e. The Labute approximate surface area is 112 Å². The van der Waals surface area contributed by atoms with Crippen LogP contribution in [0.2, 0.25) is 0 Å². The van der Waals surface area contributed by atoms with Gasteiger partial charge in [0.05, 0.1) is 25.1 Å². The molecule has 1 aliphatic heterocycles. The van der Waals surface area contributed by atoms with Gasteiger partial charge in [-0.25, -0.2) is 0 Å². The van der Waals surface area contributed by atoms with E-state index in [0.29, 0.717) is 19.5 Å². The molecule has 0 unspecified atom stereocenters. The summed E-state index contributed by atoms with van der Waals surface area (Å²) in [4.78, 5) is 13.9. The number of nitriles is 1. The number of carbonyl (C=O) groups excluding carboxylic acids is 1. The predicted molar refractivity (Wildman–Crippen MR) is 68.0 cm³/mol. The van der Waals surface area contributed by atoms with E-state index in [2.05, 4.69) is 15.4 Å². The Kier molecular flexibility index (Phi) is 4.53. The lowest BCUT2D eigenvalue weighted by atomic mass is 10.1. The average Bonchev–Trinajstić information content (AvgIpc) is 2.98. The number of hydrogen-bond acceptors (Lipinski definition) is 5. The summed E-state index contributed by atoms with van der Waals surface area (Å²) in [6.45, 7) is 3.52. The number of rotatable bonds is 5. The molecule has 0 radical (unpaired) electrons. The fourth-order valence-corrected chi connectivity index (χ4v) is 2.39. The van der Waals surface area contributed by atoms with Crippen molar-refractivity contribution in [3.05, 3.63) is 17.5 Å². The normalized spacial score (nSPS) is 19.3. The van der Waals surface area contributed by atoms with Crippen LogP contribution in [0.3, 0.4) is 0 Å². The molecule has 19 heavy (non-hydrogen) atoms. The second-order valence-corrected chi connectivity index (χ2v) is 4.75. The van der Waals surface area contributed by atoms with Crippen molar-refractivity contribution >= 4 is 5.91 Å². The minimum absolute atomic E-state index is 0.0395. The lowest BCUT2D eigenvalue weighted by Gasteiger charge is -2.21. The summed E-state index contributed by atoms with van der Waals surface area (Å²) < 4.78 is 5.10. The van der Waals surface area contributed by atoms with Crippen LogP contribution in [-0.2, 0) is 4.79 Å². The van der Waals surface area contributed by atoms with Crippen LogP contribution in [0.25, 0.3) is 0 Å². The van der Waals surface area contributed by atoms with Gasteiger partial charge in [-0.3, -0.25) is 9.69 Å². The predicted octanol–water partition coefficient (Wildman–Crippen LogP) is 1.15. The Morgan fingerprint density at radius 3 is 3.26 bits per heavy atom. The van der Waals surface area contributed by atoms with E-state index in [-0.39, 0.29) is 11.9 Å². The molecular formula is C13H18N4O2. The Bertz CT molecular complexity index is 477. The number of hydrogen-bond donors (Lipinski definition) is 1. The van der Waals surface area contributed by atoms with E-state index in [1.807, 2.05) is 19.1 Å². The molecule has 1 amide bonds. The van der Waals surface area contributed by atoms with Crippen molar-refractivity contribution in [3.8, 4) is 6.07 Å². The van der Waals surface area contributed by atoms with E-state index in [4.69, 9.17) is 9.78 Å². The van der Waals surface area contributed by atoms with Crippen LogP contribution in [0.4, 0.5) is 0 Å². The van der Waals surface area contributed by atoms with Crippen LogP contribution in [-0.4, -0.2) is 35.6 Å². The van der Waals surface area contributed by atoms with Crippen LogP contribution in [0.15, 0.2) is 10.6 Å². The number of nitrogens with one attached hydrogen (secondary N) is 1. The van der Waals surface area contributed by atoms with Crippen LogP contribution in [0, 0.1) is 18.3 Å². The molecule has 0 aliphatic carbocycles. The Morgan fingerprint density at radius 1 is 1.74 bits per heavy atom. The zero-order chi connectivity index (χ0) is 13.7. The van der Waals surface area contributed by atoms with E-state index >= 15 is 0 Å². The molecule has 1 N–H and O–H groups in total. The Balaban J connectivity index is 1.89. The monoisotopic (exact) mass is 262 g/mol. The van der Waals surface area contributed by atoms with Gasteiger partial charge < -0.3 is 9.84 Å². The van der Waals surface area contributed by atoms with Crippen LogP contribution < -0.4 is 5.32 Å².